The lowest BCUT2D eigenvalue weighted by atomic mass is 9.76. The number of piperidine rings is 1. The molecule has 3 unspecified atom stereocenters. The molecule has 0 aromatic rings. The van der Waals surface area contributed by atoms with Crippen molar-refractivity contribution in [2.45, 2.75) is 77.4 Å². The molecule has 1 N–H and O–H groups in total. The fraction of sp³-hybridized carbons (Fsp3) is 0.875. The van der Waals surface area contributed by atoms with Crippen molar-refractivity contribution >= 4 is 12.0 Å². The number of carboxylic acids is 1. The lowest BCUT2D eigenvalue weighted by Gasteiger charge is -2.48. The van der Waals surface area contributed by atoms with E-state index >= 15 is 0 Å². The Balaban J connectivity index is 2.27. The number of hydrogen-bond acceptors (Lipinski definition) is 2. The summed E-state index contributed by atoms with van der Waals surface area (Å²) >= 11 is 0. The average molecular weight is 296 g/mol. The zero-order chi connectivity index (χ0) is 15.6. The second kappa shape index (κ2) is 6.67. The third-order valence-electron chi connectivity index (χ3n) is 5.09. The monoisotopic (exact) mass is 296 g/mol. The molecule has 21 heavy (non-hydrogen) atoms. The van der Waals surface area contributed by atoms with Crippen molar-refractivity contribution in [3.63, 3.8) is 0 Å². The van der Waals surface area contributed by atoms with Gasteiger partial charge in [-0.3, -0.25) is 0 Å². The van der Waals surface area contributed by atoms with E-state index in [1.165, 1.54) is 6.42 Å². The molecule has 0 spiro atoms. The highest BCUT2D eigenvalue weighted by atomic mass is 16.4. The number of fused-ring (bicyclic) bond motifs is 1. The van der Waals surface area contributed by atoms with Crippen molar-refractivity contribution in [3.05, 3.63) is 0 Å². The van der Waals surface area contributed by atoms with Crippen LogP contribution in [0.25, 0.3) is 0 Å². The number of nitrogens with zero attached hydrogens (tertiary/aromatic N) is 2. The molecule has 120 valence electrons. The molecule has 0 aromatic carbocycles. The van der Waals surface area contributed by atoms with Crippen LogP contribution in [0.15, 0.2) is 0 Å². The summed E-state index contributed by atoms with van der Waals surface area (Å²) in [6.07, 6.45) is 5.94. The summed E-state index contributed by atoms with van der Waals surface area (Å²) in [4.78, 5) is 28.0. The highest BCUT2D eigenvalue weighted by Crippen LogP contribution is 2.38. The van der Waals surface area contributed by atoms with Crippen LogP contribution in [0.1, 0.15) is 59.3 Å². The van der Waals surface area contributed by atoms with Crippen molar-refractivity contribution in [3.8, 4) is 0 Å². The van der Waals surface area contributed by atoms with Crippen LogP contribution >= 0.6 is 0 Å². The maximum atomic E-state index is 12.9. The predicted molar refractivity (Wildman–Crippen MR) is 81.2 cm³/mol. The largest absolute Gasteiger partial charge is 0.480 e. The standard InChI is InChI=1S/C16H28N2O3/c1-4-17(11(2)3)16(21)18-13-8-6-5-7-12(13)9-10-14(18)15(19)20/h11-14H,4-10H2,1-3H3,(H,19,20). The number of urea groups is 1. The van der Waals surface area contributed by atoms with Crippen LogP contribution in [-0.4, -0.2) is 51.6 Å². The molecule has 2 fully saturated rings. The first kappa shape index (κ1) is 16.1. The van der Waals surface area contributed by atoms with Crippen molar-refractivity contribution < 1.29 is 14.7 Å². The minimum atomic E-state index is -0.854. The van der Waals surface area contributed by atoms with E-state index in [0.717, 1.165) is 25.7 Å². The number of likely N-dealkylation sites (tertiary alicyclic amines) is 1. The summed E-state index contributed by atoms with van der Waals surface area (Å²) in [6, 6.07) is -0.518. The summed E-state index contributed by atoms with van der Waals surface area (Å²) < 4.78 is 0. The van der Waals surface area contributed by atoms with Gasteiger partial charge >= 0.3 is 12.0 Å². The number of hydrogen-bond donors (Lipinski definition) is 1. The van der Waals surface area contributed by atoms with Gasteiger partial charge in [0.15, 0.2) is 0 Å². The Labute approximate surface area is 127 Å². The second-order valence-electron chi connectivity index (χ2n) is 6.61. The van der Waals surface area contributed by atoms with Gasteiger partial charge in [-0.2, -0.15) is 0 Å². The lowest BCUT2D eigenvalue weighted by Crippen LogP contribution is -2.61. The second-order valence-corrected chi connectivity index (χ2v) is 6.61. The van der Waals surface area contributed by atoms with Crippen LogP contribution in [0, 0.1) is 5.92 Å². The van der Waals surface area contributed by atoms with E-state index in [4.69, 9.17) is 0 Å². The Morgan fingerprint density at radius 3 is 2.43 bits per heavy atom. The van der Waals surface area contributed by atoms with Gasteiger partial charge in [0.1, 0.15) is 6.04 Å². The topological polar surface area (TPSA) is 60.9 Å². The van der Waals surface area contributed by atoms with E-state index < -0.39 is 12.0 Å². The molecule has 1 saturated heterocycles. The molecule has 0 radical (unpaired) electrons. The van der Waals surface area contributed by atoms with Crippen LogP contribution in [-0.2, 0) is 4.79 Å². The first-order valence-corrected chi connectivity index (χ1v) is 8.29. The first-order chi connectivity index (χ1) is 9.97. The Morgan fingerprint density at radius 1 is 1.19 bits per heavy atom. The number of carbonyl (C=O) groups is 2. The molecule has 5 nitrogen and oxygen atoms in total. The van der Waals surface area contributed by atoms with Crippen LogP contribution in [0.5, 0.6) is 0 Å². The number of rotatable bonds is 3. The number of carboxylic acid groups (broad SMARTS) is 1. The zero-order valence-electron chi connectivity index (χ0n) is 13.4. The normalized spacial score (nSPS) is 29.1. The predicted octanol–water partition coefficient (Wildman–Crippen LogP) is 2.94. The Bertz CT molecular complexity index is 397. The molecule has 2 amide bonds. The quantitative estimate of drug-likeness (QED) is 0.871. The first-order valence-electron chi connectivity index (χ1n) is 8.29. The molecule has 1 aliphatic carbocycles. The highest BCUT2D eigenvalue weighted by Gasteiger charge is 2.45. The minimum Gasteiger partial charge on any atom is -0.480 e. The minimum absolute atomic E-state index is 0.0866. The molecular weight excluding hydrogens is 268 g/mol. The van der Waals surface area contributed by atoms with Crippen molar-refractivity contribution in [1.82, 2.24) is 9.80 Å². The van der Waals surface area contributed by atoms with E-state index in [0.29, 0.717) is 18.9 Å². The summed E-state index contributed by atoms with van der Waals surface area (Å²) in [6.45, 7) is 6.55. The number of carbonyl (C=O) groups excluding carboxylic acids is 1. The Morgan fingerprint density at radius 2 is 1.86 bits per heavy atom. The van der Waals surface area contributed by atoms with Crippen LogP contribution in [0.2, 0.25) is 0 Å². The molecule has 1 heterocycles. The SMILES string of the molecule is CCN(C(=O)N1C(C(=O)O)CCC2CCCCC21)C(C)C. The molecule has 0 aromatic heterocycles. The molecule has 2 rings (SSSR count). The van der Waals surface area contributed by atoms with E-state index in [-0.39, 0.29) is 18.1 Å². The van der Waals surface area contributed by atoms with E-state index in [9.17, 15) is 14.7 Å². The van der Waals surface area contributed by atoms with Gasteiger partial charge in [-0.25, -0.2) is 9.59 Å². The molecule has 5 heteroatoms. The van der Waals surface area contributed by atoms with Gasteiger partial charge in [0.2, 0.25) is 0 Å². The summed E-state index contributed by atoms with van der Waals surface area (Å²) in [5, 5.41) is 9.53. The zero-order valence-corrected chi connectivity index (χ0v) is 13.4. The molecule has 1 aliphatic heterocycles. The fourth-order valence-corrected chi connectivity index (χ4v) is 4.02. The maximum absolute atomic E-state index is 12.9. The summed E-state index contributed by atoms with van der Waals surface area (Å²) in [5.41, 5.74) is 0. The van der Waals surface area contributed by atoms with Crippen LogP contribution in [0.4, 0.5) is 4.79 Å². The van der Waals surface area contributed by atoms with E-state index in [1.54, 1.807) is 9.80 Å². The maximum Gasteiger partial charge on any atom is 0.326 e. The molecule has 0 bridgehead atoms. The Kier molecular flexibility index (Phi) is 5.12. The van der Waals surface area contributed by atoms with Gasteiger partial charge in [0.05, 0.1) is 0 Å². The summed E-state index contributed by atoms with van der Waals surface area (Å²) in [5.74, 6) is -0.364. The van der Waals surface area contributed by atoms with Crippen LogP contribution < -0.4 is 0 Å². The van der Waals surface area contributed by atoms with Gasteiger partial charge < -0.3 is 14.9 Å². The van der Waals surface area contributed by atoms with Gasteiger partial charge in [-0.1, -0.05) is 12.8 Å². The fourth-order valence-electron chi connectivity index (χ4n) is 4.02. The third kappa shape index (κ3) is 3.16. The smallest absolute Gasteiger partial charge is 0.326 e. The molecule has 2 aliphatic rings. The lowest BCUT2D eigenvalue weighted by molar-refractivity contribution is -0.146. The van der Waals surface area contributed by atoms with Crippen molar-refractivity contribution in [2.24, 2.45) is 5.92 Å². The van der Waals surface area contributed by atoms with Crippen molar-refractivity contribution in [2.75, 3.05) is 6.54 Å². The van der Waals surface area contributed by atoms with Crippen LogP contribution in [0.3, 0.4) is 0 Å². The van der Waals surface area contributed by atoms with Gasteiger partial charge in [-0.05, 0) is 52.4 Å². The summed E-state index contributed by atoms with van der Waals surface area (Å²) in [7, 11) is 0. The molecule has 1 saturated carbocycles. The van der Waals surface area contributed by atoms with E-state index in [2.05, 4.69) is 0 Å². The number of aliphatic carboxylic acids is 1. The van der Waals surface area contributed by atoms with Gasteiger partial charge in [-0.15, -0.1) is 0 Å². The Hall–Kier alpha value is -1.26. The third-order valence-corrected chi connectivity index (χ3v) is 5.09. The van der Waals surface area contributed by atoms with Gasteiger partial charge in [0.25, 0.3) is 0 Å². The molecule has 3 atom stereocenters. The molecular formula is C16H28N2O3. The highest BCUT2D eigenvalue weighted by molar-refractivity contribution is 5.83. The number of amides is 2. The average Bonchev–Trinajstić information content (AvgIpc) is 2.46. The van der Waals surface area contributed by atoms with Gasteiger partial charge in [0, 0.05) is 18.6 Å². The van der Waals surface area contributed by atoms with E-state index in [1.807, 2.05) is 20.8 Å². The van der Waals surface area contributed by atoms with Crippen molar-refractivity contribution in [1.29, 1.82) is 0 Å².